The number of hydrazine groups is 1. The summed E-state index contributed by atoms with van der Waals surface area (Å²) < 4.78 is 0.887. The van der Waals surface area contributed by atoms with E-state index in [4.69, 9.17) is 0 Å². The third kappa shape index (κ3) is 3.36. The van der Waals surface area contributed by atoms with Crippen molar-refractivity contribution >= 4 is 38.9 Å². The van der Waals surface area contributed by atoms with Crippen molar-refractivity contribution in [2.45, 2.75) is 5.60 Å². The van der Waals surface area contributed by atoms with E-state index in [2.05, 4.69) is 26.8 Å². The van der Waals surface area contributed by atoms with Crippen molar-refractivity contribution in [2.24, 2.45) is 0 Å². The molecule has 0 radical (unpaired) electrons. The highest BCUT2D eigenvalue weighted by molar-refractivity contribution is 9.10. The van der Waals surface area contributed by atoms with Gasteiger partial charge >= 0.3 is 0 Å². The molecule has 0 spiro atoms. The zero-order valence-electron chi connectivity index (χ0n) is 12.6. The summed E-state index contributed by atoms with van der Waals surface area (Å²) in [5.74, 6) is -0.545. The highest BCUT2D eigenvalue weighted by Gasteiger charge is 2.41. The first-order valence-corrected chi connectivity index (χ1v) is 8.92. The Hall–Kier alpha value is -2.15. The molecule has 3 rings (SSSR count). The van der Waals surface area contributed by atoms with Crippen LogP contribution in [-0.4, -0.2) is 11.0 Å². The first-order chi connectivity index (χ1) is 11.6. The summed E-state index contributed by atoms with van der Waals surface area (Å²) >= 11 is 4.71. The van der Waals surface area contributed by atoms with Gasteiger partial charge in [-0.3, -0.25) is 15.6 Å². The molecule has 0 aliphatic carbocycles. The van der Waals surface area contributed by atoms with Gasteiger partial charge in [-0.25, -0.2) is 0 Å². The zero-order chi connectivity index (χ0) is 17.0. The molecule has 0 aliphatic heterocycles. The highest BCUT2D eigenvalue weighted by atomic mass is 79.9. The van der Waals surface area contributed by atoms with E-state index in [1.165, 1.54) is 11.3 Å². The molecule has 2 aromatic carbocycles. The van der Waals surface area contributed by atoms with Gasteiger partial charge in [0.25, 0.3) is 5.91 Å². The van der Waals surface area contributed by atoms with Crippen LogP contribution in [0.5, 0.6) is 0 Å². The predicted octanol–water partition coefficient (Wildman–Crippen LogP) is 3.89. The van der Waals surface area contributed by atoms with Crippen molar-refractivity contribution in [3.8, 4) is 0 Å². The maximum absolute atomic E-state index is 12.8. The molecule has 0 saturated heterocycles. The third-order valence-corrected chi connectivity index (χ3v) is 5.01. The van der Waals surface area contributed by atoms with Crippen LogP contribution in [0.2, 0.25) is 0 Å². The second-order valence-corrected chi connectivity index (χ2v) is 7.01. The van der Waals surface area contributed by atoms with E-state index in [1.807, 2.05) is 41.8 Å². The molecule has 122 valence electrons. The topological polar surface area (TPSA) is 61.4 Å². The lowest BCUT2D eigenvalue weighted by Crippen LogP contribution is -2.47. The van der Waals surface area contributed by atoms with Crippen LogP contribution in [0, 0.1) is 0 Å². The van der Waals surface area contributed by atoms with Crippen LogP contribution in [0.4, 0.5) is 5.69 Å². The van der Waals surface area contributed by atoms with Crippen LogP contribution >= 0.6 is 27.3 Å². The molecular formula is C18H15BrN2O2S. The molecule has 0 saturated carbocycles. The average Bonchev–Trinajstić information content (AvgIpc) is 3.15. The van der Waals surface area contributed by atoms with Gasteiger partial charge in [-0.1, -0.05) is 58.4 Å². The van der Waals surface area contributed by atoms with Crippen molar-refractivity contribution in [2.75, 3.05) is 5.43 Å². The molecule has 0 bridgehead atoms. The van der Waals surface area contributed by atoms with E-state index in [9.17, 15) is 9.90 Å². The van der Waals surface area contributed by atoms with Gasteiger partial charge in [0.15, 0.2) is 0 Å². The Morgan fingerprint density at radius 3 is 2.50 bits per heavy atom. The Kier molecular flexibility index (Phi) is 4.99. The molecule has 0 fully saturated rings. The van der Waals surface area contributed by atoms with Crippen LogP contribution in [0.15, 0.2) is 76.6 Å². The van der Waals surface area contributed by atoms with Gasteiger partial charge in [-0.15, -0.1) is 11.3 Å². The van der Waals surface area contributed by atoms with E-state index < -0.39 is 11.5 Å². The molecule has 4 nitrogen and oxygen atoms in total. The predicted molar refractivity (Wildman–Crippen MR) is 99.7 cm³/mol. The standard InChI is InChI=1S/C18H15BrN2O2S/c19-14-8-4-9-15(12-14)20-21-17(22)18(23,16-10-5-11-24-16)13-6-2-1-3-7-13/h1-12,20,23H,(H,21,22). The monoisotopic (exact) mass is 402 g/mol. The van der Waals surface area contributed by atoms with Gasteiger partial charge in [0, 0.05) is 4.47 Å². The number of rotatable bonds is 5. The Morgan fingerprint density at radius 2 is 1.83 bits per heavy atom. The molecule has 1 atom stereocenters. The SMILES string of the molecule is O=C(NNc1cccc(Br)c1)C(O)(c1ccccc1)c1cccs1. The van der Waals surface area contributed by atoms with Gasteiger partial charge in [0.2, 0.25) is 5.60 Å². The fraction of sp³-hybridized carbons (Fsp3) is 0.0556. The fourth-order valence-electron chi connectivity index (χ4n) is 2.33. The first-order valence-electron chi connectivity index (χ1n) is 7.24. The minimum absolute atomic E-state index is 0.515. The van der Waals surface area contributed by atoms with Crippen LogP contribution in [0.1, 0.15) is 10.4 Å². The van der Waals surface area contributed by atoms with Crippen LogP contribution < -0.4 is 10.9 Å². The van der Waals surface area contributed by atoms with E-state index in [0.29, 0.717) is 16.1 Å². The Labute approximate surface area is 152 Å². The normalized spacial score (nSPS) is 13.1. The van der Waals surface area contributed by atoms with Crippen LogP contribution in [0.25, 0.3) is 0 Å². The van der Waals surface area contributed by atoms with Crippen LogP contribution in [0.3, 0.4) is 0 Å². The maximum Gasteiger partial charge on any atom is 0.280 e. The minimum Gasteiger partial charge on any atom is -0.371 e. The van der Waals surface area contributed by atoms with Gasteiger partial charge in [-0.05, 0) is 35.2 Å². The van der Waals surface area contributed by atoms with E-state index in [-0.39, 0.29) is 0 Å². The number of carbonyl (C=O) groups excluding carboxylic acids is 1. The Bertz CT molecular complexity index is 824. The van der Waals surface area contributed by atoms with E-state index in [1.54, 1.807) is 30.3 Å². The molecule has 1 amide bonds. The summed E-state index contributed by atoms with van der Waals surface area (Å²) in [5, 5.41) is 13.0. The summed E-state index contributed by atoms with van der Waals surface area (Å²) in [4.78, 5) is 13.4. The summed E-state index contributed by atoms with van der Waals surface area (Å²) in [6.07, 6.45) is 0. The molecule has 6 heteroatoms. The van der Waals surface area contributed by atoms with Gasteiger partial charge in [0.05, 0.1) is 10.6 Å². The molecule has 1 heterocycles. The summed E-state index contributed by atoms with van der Waals surface area (Å²) in [5.41, 5.74) is 4.91. The molecule has 0 aliphatic rings. The molecule has 3 aromatic rings. The number of carbonyl (C=O) groups is 1. The third-order valence-electron chi connectivity index (χ3n) is 3.54. The van der Waals surface area contributed by atoms with Gasteiger partial charge in [0.1, 0.15) is 0 Å². The lowest BCUT2D eigenvalue weighted by Gasteiger charge is -2.26. The van der Waals surface area contributed by atoms with Crippen molar-refractivity contribution in [1.29, 1.82) is 0 Å². The number of aliphatic hydroxyl groups is 1. The lowest BCUT2D eigenvalue weighted by molar-refractivity contribution is -0.135. The number of anilines is 1. The number of hydrogen-bond donors (Lipinski definition) is 3. The van der Waals surface area contributed by atoms with Crippen molar-refractivity contribution in [3.05, 3.63) is 87.0 Å². The van der Waals surface area contributed by atoms with E-state index in [0.717, 1.165) is 4.47 Å². The largest absolute Gasteiger partial charge is 0.371 e. The maximum atomic E-state index is 12.8. The number of benzene rings is 2. The fourth-order valence-corrected chi connectivity index (χ4v) is 3.58. The molecule has 1 aromatic heterocycles. The van der Waals surface area contributed by atoms with Crippen molar-refractivity contribution in [1.82, 2.24) is 5.43 Å². The van der Waals surface area contributed by atoms with E-state index >= 15 is 0 Å². The molecule has 3 N–H and O–H groups in total. The van der Waals surface area contributed by atoms with Gasteiger partial charge < -0.3 is 5.11 Å². The second kappa shape index (κ2) is 7.17. The van der Waals surface area contributed by atoms with Crippen molar-refractivity contribution < 1.29 is 9.90 Å². The highest BCUT2D eigenvalue weighted by Crippen LogP contribution is 2.33. The molecule has 24 heavy (non-hydrogen) atoms. The quantitative estimate of drug-likeness (QED) is 0.567. The van der Waals surface area contributed by atoms with Crippen LogP contribution in [-0.2, 0) is 10.4 Å². The lowest BCUT2D eigenvalue weighted by atomic mass is 9.91. The summed E-state index contributed by atoms with van der Waals surface area (Å²) in [6, 6.07) is 19.8. The van der Waals surface area contributed by atoms with Gasteiger partial charge in [-0.2, -0.15) is 0 Å². The number of nitrogens with one attached hydrogen (secondary N) is 2. The second-order valence-electron chi connectivity index (χ2n) is 5.14. The average molecular weight is 403 g/mol. The first kappa shape index (κ1) is 16.7. The number of amides is 1. The number of hydrogen-bond acceptors (Lipinski definition) is 4. The van der Waals surface area contributed by atoms with Crippen molar-refractivity contribution in [3.63, 3.8) is 0 Å². The smallest absolute Gasteiger partial charge is 0.280 e. The minimum atomic E-state index is -1.76. The summed E-state index contributed by atoms with van der Waals surface area (Å²) in [6.45, 7) is 0. The molecular weight excluding hydrogens is 388 g/mol. The Morgan fingerprint density at radius 1 is 1.04 bits per heavy atom. The summed E-state index contributed by atoms with van der Waals surface area (Å²) in [7, 11) is 0. The Balaban J connectivity index is 1.87. The molecule has 1 unspecified atom stereocenters. The zero-order valence-corrected chi connectivity index (χ0v) is 15.0. The number of thiophene rings is 1. The number of halogens is 1.